The number of carbonyl (C=O) groups is 1. The van der Waals surface area contributed by atoms with Gasteiger partial charge in [0.2, 0.25) is 11.0 Å². The van der Waals surface area contributed by atoms with Crippen LogP contribution in [0.4, 0.5) is 10.8 Å². The van der Waals surface area contributed by atoms with Gasteiger partial charge in [0.25, 0.3) is 0 Å². The van der Waals surface area contributed by atoms with E-state index in [1.807, 2.05) is 48.5 Å². The van der Waals surface area contributed by atoms with Gasteiger partial charge in [-0.3, -0.25) is 4.79 Å². The molecule has 0 aliphatic carbocycles. The topological polar surface area (TPSA) is 80.9 Å². The Morgan fingerprint density at radius 1 is 1.16 bits per heavy atom. The number of carbonyl (C=O) groups excluding carboxylic acids is 1. The minimum Gasteiger partial charge on any atom is -0.374 e. The van der Waals surface area contributed by atoms with Crippen molar-refractivity contribution in [2.75, 3.05) is 16.8 Å². The van der Waals surface area contributed by atoms with Crippen LogP contribution in [-0.4, -0.2) is 21.9 Å². The number of halogens is 1. The van der Waals surface area contributed by atoms with Crippen LogP contribution in [-0.2, 0) is 4.79 Å². The quantitative estimate of drug-likeness (QED) is 0.577. The summed E-state index contributed by atoms with van der Waals surface area (Å²) in [6.45, 7) is 0. The van der Waals surface area contributed by atoms with Gasteiger partial charge < -0.3 is 11.1 Å². The van der Waals surface area contributed by atoms with E-state index in [0.717, 1.165) is 15.5 Å². The molecule has 3 rings (SSSR count). The average Bonchev–Trinajstić information content (AvgIpc) is 3.02. The highest BCUT2D eigenvalue weighted by Gasteiger charge is 2.10. The molecule has 0 saturated heterocycles. The Hall–Kier alpha value is -1.74. The zero-order valence-corrected chi connectivity index (χ0v) is 16.0. The molecule has 5 nitrogen and oxygen atoms in total. The fraction of sp³-hybridized carbons (Fsp3) is 0.0625. The lowest BCUT2D eigenvalue weighted by Crippen LogP contribution is -2.14. The minimum absolute atomic E-state index is 0.108. The Labute approximate surface area is 162 Å². The number of thioether (sulfide) groups is 1. The predicted octanol–water partition coefficient (Wildman–Crippen LogP) is 4.66. The highest BCUT2D eigenvalue weighted by molar-refractivity contribution is 8.01. The first-order valence-electron chi connectivity index (χ1n) is 7.14. The average molecular weight is 409 g/mol. The molecule has 128 valence electrons. The van der Waals surface area contributed by atoms with Crippen LogP contribution in [0.15, 0.2) is 62.7 Å². The first kappa shape index (κ1) is 18.1. The molecule has 3 N–H and O–H groups in total. The largest absolute Gasteiger partial charge is 0.374 e. The van der Waals surface area contributed by atoms with Crippen molar-refractivity contribution >= 4 is 63.2 Å². The summed E-state index contributed by atoms with van der Waals surface area (Å²) in [6.07, 6.45) is 0. The molecule has 0 aliphatic rings. The summed E-state index contributed by atoms with van der Waals surface area (Å²) in [5.41, 5.74) is 6.30. The second kappa shape index (κ2) is 8.57. The number of anilines is 2. The molecule has 1 heterocycles. The summed E-state index contributed by atoms with van der Waals surface area (Å²) < 4.78 is 0.677. The van der Waals surface area contributed by atoms with Gasteiger partial charge in [0.1, 0.15) is 0 Å². The third kappa shape index (κ3) is 5.37. The van der Waals surface area contributed by atoms with Gasteiger partial charge in [-0.15, -0.1) is 10.2 Å². The number of nitrogen functional groups attached to an aromatic ring is 1. The number of rotatable bonds is 6. The van der Waals surface area contributed by atoms with E-state index >= 15 is 0 Å². The van der Waals surface area contributed by atoms with Crippen LogP contribution in [0, 0.1) is 0 Å². The van der Waals surface area contributed by atoms with Crippen molar-refractivity contribution in [1.29, 1.82) is 0 Å². The second-order valence-electron chi connectivity index (χ2n) is 4.80. The zero-order valence-electron chi connectivity index (χ0n) is 12.8. The van der Waals surface area contributed by atoms with Gasteiger partial charge in [0.15, 0.2) is 4.34 Å². The van der Waals surface area contributed by atoms with E-state index in [1.165, 1.54) is 23.1 Å². The van der Waals surface area contributed by atoms with E-state index in [4.69, 9.17) is 17.3 Å². The van der Waals surface area contributed by atoms with Crippen molar-refractivity contribution in [3.8, 4) is 0 Å². The van der Waals surface area contributed by atoms with Crippen molar-refractivity contribution in [1.82, 2.24) is 10.2 Å². The third-order valence-electron chi connectivity index (χ3n) is 2.95. The monoisotopic (exact) mass is 408 g/mol. The van der Waals surface area contributed by atoms with Crippen LogP contribution < -0.4 is 11.1 Å². The van der Waals surface area contributed by atoms with Gasteiger partial charge >= 0.3 is 0 Å². The first-order chi connectivity index (χ1) is 12.1. The minimum atomic E-state index is -0.108. The van der Waals surface area contributed by atoms with Crippen molar-refractivity contribution in [3.05, 3.63) is 53.6 Å². The summed E-state index contributed by atoms with van der Waals surface area (Å²) in [5, 5.41) is 11.6. The van der Waals surface area contributed by atoms with E-state index in [9.17, 15) is 4.79 Å². The molecule has 9 heteroatoms. The van der Waals surface area contributed by atoms with Gasteiger partial charge in [-0.25, -0.2) is 0 Å². The lowest BCUT2D eigenvalue weighted by atomic mass is 10.3. The molecule has 0 radical (unpaired) electrons. The normalized spacial score (nSPS) is 10.6. The summed E-state index contributed by atoms with van der Waals surface area (Å²) >= 11 is 10.1. The van der Waals surface area contributed by atoms with Gasteiger partial charge in [0.05, 0.1) is 11.4 Å². The van der Waals surface area contributed by atoms with Crippen molar-refractivity contribution in [2.24, 2.45) is 0 Å². The number of nitrogens with two attached hydrogens (primary N) is 1. The summed E-state index contributed by atoms with van der Waals surface area (Å²) in [6, 6.07) is 15.2. The molecule has 25 heavy (non-hydrogen) atoms. The number of nitrogens with zero attached hydrogens (tertiary/aromatic N) is 2. The van der Waals surface area contributed by atoms with Crippen LogP contribution in [0.2, 0.25) is 5.02 Å². The van der Waals surface area contributed by atoms with Crippen LogP contribution in [0.25, 0.3) is 0 Å². The maximum Gasteiger partial charge on any atom is 0.234 e. The number of para-hydroxylation sites is 1. The molecular weight excluding hydrogens is 396 g/mol. The zero-order chi connectivity index (χ0) is 17.6. The number of aromatic nitrogens is 2. The summed E-state index contributed by atoms with van der Waals surface area (Å²) in [7, 11) is 0. The molecule has 0 atom stereocenters. The SMILES string of the molecule is Nc1nnc(SCC(=O)Nc2ccccc2Sc2ccc(Cl)cc2)s1. The number of hydrogen-bond donors (Lipinski definition) is 2. The Morgan fingerprint density at radius 3 is 2.64 bits per heavy atom. The van der Waals surface area contributed by atoms with Gasteiger partial charge in [-0.1, -0.05) is 58.6 Å². The van der Waals surface area contributed by atoms with E-state index in [2.05, 4.69) is 15.5 Å². The van der Waals surface area contributed by atoms with E-state index in [-0.39, 0.29) is 11.7 Å². The predicted molar refractivity (Wildman–Crippen MR) is 106 cm³/mol. The summed E-state index contributed by atoms with van der Waals surface area (Å²) in [5.74, 6) is 0.136. The molecular formula is C16H13ClN4OS3. The fourth-order valence-corrected chi connectivity index (χ4v) is 4.34. The lowest BCUT2D eigenvalue weighted by molar-refractivity contribution is -0.113. The smallest absolute Gasteiger partial charge is 0.234 e. The summed E-state index contributed by atoms with van der Waals surface area (Å²) in [4.78, 5) is 14.2. The second-order valence-corrected chi connectivity index (χ2v) is 8.58. The van der Waals surface area contributed by atoms with Crippen molar-refractivity contribution in [2.45, 2.75) is 14.1 Å². The van der Waals surface area contributed by atoms with Crippen LogP contribution in [0.1, 0.15) is 0 Å². The molecule has 0 spiro atoms. The molecule has 0 aliphatic heterocycles. The van der Waals surface area contributed by atoms with E-state index < -0.39 is 0 Å². The number of hydrogen-bond acceptors (Lipinski definition) is 7. The van der Waals surface area contributed by atoms with Crippen LogP contribution in [0.5, 0.6) is 0 Å². The number of benzene rings is 2. The molecule has 0 fully saturated rings. The maximum absolute atomic E-state index is 12.2. The van der Waals surface area contributed by atoms with Gasteiger partial charge in [-0.2, -0.15) is 0 Å². The Bertz CT molecular complexity index is 870. The Kier molecular flexibility index (Phi) is 6.19. The maximum atomic E-state index is 12.2. The molecule has 1 aromatic heterocycles. The molecule has 1 amide bonds. The third-order valence-corrected chi connectivity index (χ3v) is 6.17. The van der Waals surface area contributed by atoms with Gasteiger partial charge in [-0.05, 0) is 36.4 Å². The number of nitrogens with one attached hydrogen (secondary N) is 1. The molecule has 2 aromatic carbocycles. The highest BCUT2D eigenvalue weighted by atomic mass is 35.5. The van der Waals surface area contributed by atoms with Gasteiger partial charge in [0, 0.05) is 14.8 Å². The lowest BCUT2D eigenvalue weighted by Gasteiger charge is -2.10. The molecule has 0 saturated carbocycles. The molecule has 0 unspecified atom stereocenters. The molecule has 0 bridgehead atoms. The number of amides is 1. The van der Waals surface area contributed by atoms with E-state index in [0.29, 0.717) is 14.5 Å². The fourth-order valence-electron chi connectivity index (χ4n) is 1.88. The first-order valence-corrected chi connectivity index (χ1v) is 10.1. The van der Waals surface area contributed by atoms with E-state index in [1.54, 1.807) is 11.8 Å². The Morgan fingerprint density at radius 2 is 1.92 bits per heavy atom. The highest BCUT2D eigenvalue weighted by Crippen LogP contribution is 2.34. The Balaban J connectivity index is 1.63. The van der Waals surface area contributed by atoms with Crippen LogP contribution in [0.3, 0.4) is 0 Å². The standard InChI is InChI=1S/C16H13ClN4OS3/c17-10-5-7-11(8-6-10)24-13-4-2-1-3-12(13)19-14(22)9-23-16-21-20-15(18)25-16/h1-8H,9H2,(H2,18,20)(H,19,22). The molecule has 3 aromatic rings. The van der Waals surface area contributed by atoms with Crippen molar-refractivity contribution < 1.29 is 4.79 Å². The van der Waals surface area contributed by atoms with Crippen LogP contribution >= 0.6 is 46.5 Å². The van der Waals surface area contributed by atoms with Crippen molar-refractivity contribution in [3.63, 3.8) is 0 Å².